The number of hydrogen-bond donors (Lipinski definition) is 3. The van der Waals surface area contributed by atoms with E-state index in [4.69, 9.17) is 5.73 Å². The second-order valence-electron chi connectivity index (χ2n) is 9.95. The zero-order chi connectivity index (χ0) is 22.1. The Morgan fingerprint density at radius 3 is 2.07 bits per heavy atom. The van der Waals surface area contributed by atoms with E-state index in [1.807, 2.05) is 71.9 Å². The number of amides is 1. The molecule has 164 valence electrons. The molecule has 5 nitrogen and oxygen atoms in total. The van der Waals surface area contributed by atoms with Gasteiger partial charge in [-0.2, -0.15) is 0 Å². The molecular formula is C24H41N3O2. The number of carbonyl (C=O) groups excluding carboxylic acids is 2. The van der Waals surface area contributed by atoms with Gasteiger partial charge in [-0.3, -0.25) is 9.59 Å². The molecule has 0 spiro atoms. The van der Waals surface area contributed by atoms with Crippen LogP contribution in [-0.2, 0) is 16.0 Å². The number of Topliss-reactive ketones (excluding diaryl/α,β-unsaturated/α-hetero) is 1. The van der Waals surface area contributed by atoms with Crippen LogP contribution >= 0.6 is 0 Å². The number of rotatable bonds is 11. The van der Waals surface area contributed by atoms with Gasteiger partial charge in [0.2, 0.25) is 5.91 Å². The predicted octanol–water partition coefficient (Wildman–Crippen LogP) is 3.60. The molecule has 1 aromatic carbocycles. The van der Waals surface area contributed by atoms with E-state index in [1.165, 1.54) is 0 Å². The van der Waals surface area contributed by atoms with Crippen molar-refractivity contribution in [3.05, 3.63) is 35.9 Å². The molecule has 0 heterocycles. The number of nitrogens with one attached hydrogen (secondary N) is 2. The largest absolute Gasteiger partial charge is 0.345 e. The maximum absolute atomic E-state index is 13.2. The van der Waals surface area contributed by atoms with Crippen LogP contribution in [-0.4, -0.2) is 35.9 Å². The van der Waals surface area contributed by atoms with Crippen molar-refractivity contribution >= 4 is 11.7 Å². The summed E-state index contributed by atoms with van der Waals surface area (Å²) in [6.45, 7) is 12.5. The lowest BCUT2D eigenvalue weighted by atomic mass is 9.84. The van der Waals surface area contributed by atoms with Crippen LogP contribution < -0.4 is 16.4 Å². The van der Waals surface area contributed by atoms with Gasteiger partial charge in [-0.1, -0.05) is 63.9 Å². The van der Waals surface area contributed by atoms with Crippen molar-refractivity contribution in [2.75, 3.05) is 6.54 Å². The third-order valence-corrected chi connectivity index (χ3v) is 4.78. The molecule has 1 aromatic rings. The first kappa shape index (κ1) is 25.3. The Bertz CT molecular complexity index is 630. The summed E-state index contributed by atoms with van der Waals surface area (Å²) >= 11 is 0. The molecule has 4 N–H and O–H groups in total. The Balaban J connectivity index is 2.94. The number of ketones is 1. The molecule has 0 aliphatic carbocycles. The van der Waals surface area contributed by atoms with Crippen molar-refractivity contribution in [3.63, 3.8) is 0 Å². The molecule has 0 saturated carbocycles. The molecule has 0 aliphatic rings. The fourth-order valence-corrected chi connectivity index (χ4v) is 3.32. The predicted molar refractivity (Wildman–Crippen MR) is 121 cm³/mol. The van der Waals surface area contributed by atoms with Gasteiger partial charge >= 0.3 is 0 Å². The van der Waals surface area contributed by atoms with Crippen LogP contribution in [0.4, 0.5) is 0 Å². The molecule has 0 saturated heterocycles. The summed E-state index contributed by atoms with van der Waals surface area (Å²) in [5.41, 5.74) is 5.95. The van der Waals surface area contributed by atoms with Gasteiger partial charge in [0.25, 0.3) is 0 Å². The minimum Gasteiger partial charge on any atom is -0.345 e. The Morgan fingerprint density at radius 1 is 0.931 bits per heavy atom. The average molecular weight is 404 g/mol. The Kier molecular flexibility index (Phi) is 10.0. The monoisotopic (exact) mass is 403 g/mol. The van der Waals surface area contributed by atoms with E-state index in [9.17, 15) is 9.59 Å². The van der Waals surface area contributed by atoms with E-state index in [-0.39, 0.29) is 17.2 Å². The number of unbranched alkanes of at least 4 members (excludes halogenated alkanes) is 2. The molecule has 0 aromatic heterocycles. The highest BCUT2D eigenvalue weighted by Gasteiger charge is 2.33. The standard InChI is InChI=1S/C24H41N3O2/c1-23(2,3)21(28)19(15-11-8-12-16-25)26-22(29)20(27-24(4,5)6)17-18-13-9-7-10-14-18/h7,9-10,13-14,19-20,27H,8,11-12,15-17,25H2,1-6H3,(H,26,29). The lowest BCUT2D eigenvalue weighted by molar-refractivity contribution is -0.133. The summed E-state index contributed by atoms with van der Waals surface area (Å²) in [5, 5.41) is 6.48. The SMILES string of the molecule is CC(C)(C)NC(Cc1ccccc1)C(=O)NC(CCCCCN)C(=O)C(C)(C)C. The van der Waals surface area contributed by atoms with Crippen LogP contribution in [0.25, 0.3) is 0 Å². The number of hydrogen-bond acceptors (Lipinski definition) is 4. The maximum Gasteiger partial charge on any atom is 0.238 e. The first-order chi connectivity index (χ1) is 13.4. The van der Waals surface area contributed by atoms with Crippen molar-refractivity contribution in [1.82, 2.24) is 10.6 Å². The summed E-state index contributed by atoms with van der Waals surface area (Å²) in [6.07, 6.45) is 4.00. The minimum atomic E-state index is -0.502. The van der Waals surface area contributed by atoms with Crippen LogP contribution in [0.2, 0.25) is 0 Å². The summed E-state index contributed by atoms with van der Waals surface area (Å²) in [6, 6.07) is 9.09. The van der Waals surface area contributed by atoms with Crippen molar-refractivity contribution in [3.8, 4) is 0 Å². The van der Waals surface area contributed by atoms with E-state index in [1.54, 1.807) is 0 Å². The first-order valence-electron chi connectivity index (χ1n) is 10.8. The molecule has 5 heteroatoms. The normalized spacial score (nSPS) is 14.3. The van der Waals surface area contributed by atoms with E-state index < -0.39 is 17.5 Å². The fourth-order valence-electron chi connectivity index (χ4n) is 3.32. The van der Waals surface area contributed by atoms with Crippen molar-refractivity contribution in [2.45, 2.75) is 91.3 Å². The Labute approximate surface area is 177 Å². The summed E-state index contributed by atoms with van der Waals surface area (Å²) < 4.78 is 0. The highest BCUT2D eigenvalue weighted by Crippen LogP contribution is 2.20. The van der Waals surface area contributed by atoms with E-state index >= 15 is 0 Å². The van der Waals surface area contributed by atoms with Crippen LogP contribution in [0.5, 0.6) is 0 Å². The van der Waals surface area contributed by atoms with Crippen molar-refractivity contribution in [1.29, 1.82) is 0 Å². The number of carbonyl (C=O) groups is 2. The molecule has 2 atom stereocenters. The van der Waals surface area contributed by atoms with Gasteiger partial charge in [0.05, 0.1) is 12.1 Å². The van der Waals surface area contributed by atoms with Gasteiger partial charge in [-0.25, -0.2) is 0 Å². The third kappa shape index (κ3) is 10.0. The lowest BCUT2D eigenvalue weighted by Crippen LogP contribution is -2.56. The number of benzene rings is 1. The van der Waals surface area contributed by atoms with Crippen LogP contribution in [0.3, 0.4) is 0 Å². The first-order valence-corrected chi connectivity index (χ1v) is 10.8. The Morgan fingerprint density at radius 2 is 1.55 bits per heavy atom. The molecule has 29 heavy (non-hydrogen) atoms. The number of nitrogens with two attached hydrogens (primary N) is 1. The van der Waals surface area contributed by atoms with Crippen molar-refractivity contribution < 1.29 is 9.59 Å². The quantitative estimate of drug-likeness (QED) is 0.493. The smallest absolute Gasteiger partial charge is 0.238 e. The zero-order valence-electron chi connectivity index (χ0n) is 19.2. The van der Waals surface area contributed by atoms with Gasteiger partial charge in [0.1, 0.15) is 0 Å². The molecule has 0 radical (unpaired) electrons. The van der Waals surface area contributed by atoms with E-state index in [0.717, 1.165) is 24.8 Å². The summed E-state index contributed by atoms with van der Waals surface area (Å²) in [4.78, 5) is 26.2. The van der Waals surface area contributed by atoms with E-state index in [0.29, 0.717) is 19.4 Å². The highest BCUT2D eigenvalue weighted by atomic mass is 16.2. The van der Waals surface area contributed by atoms with E-state index in [2.05, 4.69) is 10.6 Å². The second-order valence-corrected chi connectivity index (χ2v) is 9.95. The van der Waals surface area contributed by atoms with Gasteiger partial charge in [0, 0.05) is 11.0 Å². The van der Waals surface area contributed by atoms with Crippen molar-refractivity contribution in [2.24, 2.45) is 11.1 Å². The molecule has 0 fully saturated rings. The molecular weight excluding hydrogens is 362 g/mol. The minimum absolute atomic E-state index is 0.0767. The van der Waals surface area contributed by atoms with Crippen LogP contribution in [0.1, 0.15) is 72.8 Å². The molecule has 2 unspecified atom stereocenters. The zero-order valence-corrected chi connectivity index (χ0v) is 19.2. The molecule has 0 bridgehead atoms. The van der Waals surface area contributed by atoms with Gasteiger partial charge < -0.3 is 16.4 Å². The lowest BCUT2D eigenvalue weighted by Gasteiger charge is -2.31. The van der Waals surface area contributed by atoms with Crippen LogP contribution in [0.15, 0.2) is 30.3 Å². The maximum atomic E-state index is 13.2. The third-order valence-electron chi connectivity index (χ3n) is 4.78. The van der Waals surface area contributed by atoms with Gasteiger partial charge in [-0.15, -0.1) is 0 Å². The molecule has 1 amide bonds. The molecule has 1 rings (SSSR count). The Hall–Kier alpha value is -1.72. The fraction of sp³-hybridized carbons (Fsp3) is 0.667. The van der Waals surface area contributed by atoms with Crippen LogP contribution in [0, 0.1) is 5.41 Å². The summed E-state index contributed by atoms with van der Waals surface area (Å²) in [7, 11) is 0. The second kappa shape index (κ2) is 11.5. The highest BCUT2D eigenvalue weighted by molar-refractivity contribution is 5.93. The molecule has 0 aliphatic heterocycles. The van der Waals surface area contributed by atoms with Gasteiger partial charge in [-0.05, 0) is 52.1 Å². The topological polar surface area (TPSA) is 84.2 Å². The average Bonchev–Trinajstić information content (AvgIpc) is 2.62. The van der Waals surface area contributed by atoms with Gasteiger partial charge in [0.15, 0.2) is 5.78 Å². The summed E-state index contributed by atoms with van der Waals surface area (Å²) in [5.74, 6) is -0.0435.